The smallest absolute Gasteiger partial charge is 0.222 e. The number of nitrogens with one attached hydrogen (secondary N) is 1. The minimum atomic E-state index is -0.443. The summed E-state index contributed by atoms with van der Waals surface area (Å²) in [5.74, 6) is -0.149. The molecule has 1 saturated heterocycles. The van der Waals surface area contributed by atoms with E-state index in [-0.39, 0.29) is 28.5 Å². The fourth-order valence-corrected chi connectivity index (χ4v) is 5.53. The van der Waals surface area contributed by atoms with E-state index >= 15 is 0 Å². The highest BCUT2D eigenvalue weighted by atomic mass is 19.1. The van der Waals surface area contributed by atoms with E-state index in [4.69, 9.17) is 0 Å². The van der Waals surface area contributed by atoms with Crippen LogP contribution in [0.2, 0.25) is 0 Å². The number of carbonyl (C=O) groups excluding carboxylic acids is 2. The number of nitrogens with zero attached hydrogens (tertiary/aromatic N) is 1. The molecule has 2 atom stereocenters. The van der Waals surface area contributed by atoms with Gasteiger partial charge in [0.15, 0.2) is 0 Å². The van der Waals surface area contributed by atoms with Crippen LogP contribution in [0.3, 0.4) is 0 Å². The standard InChI is InChI=1S/C27H33FN2O2/c1-25(2)18-27(25,21-7-5-4-6-8-21)19-30(3)24(32)14-16-26(15-13-23(31)29-26)17-20-9-11-22(28)12-10-20/h4-12H,13-19H2,1-3H3,(H,29,31). The fraction of sp³-hybridized carbons (Fsp3) is 0.481. The minimum absolute atomic E-state index is 0.00789. The van der Waals surface area contributed by atoms with Gasteiger partial charge in [0, 0.05) is 37.4 Å². The first-order chi connectivity index (χ1) is 15.1. The van der Waals surface area contributed by atoms with Crippen LogP contribution in [0.4, 0.5) is 4.39 Å². The molecule has 32 heavy (non-hydrogen) atoms. The van der Waals surface area contributed by atoms with Gasteiger partial charge in [0.2, 0.25) is 11.8 Å². The molecule has 170 valence electrons. The van der Waals surface area contributed by atoms with Crippen molar-refractivity contribution in [2.24, 2.45) is 5.41 Å². The maximum atomic E-state index is 13.3. The average molecular weight is 437 g/mol. The Balaban J connectivity index is 1.42. The number of hydrogen-bond acceptors (Lipinski definition) is 2. The Morgan fingerprint density at radius 2 is 1.75 bits per heavy atom. The first-order valence-corrected chi connectivity index (χ1v) is 11.5. The highest BCUT2D eigenvalue weighted by molar-refractivity contribution is 5.80. The summed E-state index contributed by atoms with van der Waals surface area (Å²) in [7, 11) is 1.89. The molecule has 0 aromatic heterocycles. The quantitative estimate of drug-likeness (QED) is 0.656. The van der Waals surface area contributed by atoms with Gasteiger partial charge in [-0.25, -0.2) is 4.39 Å². The Morgan fingerprint density at radius 1 is 1.09 bits per heavy atom. The molecule has 1 aliphatic heterocycles. The number of hydrogen-bond donors (Lipinski definition) is 1. The van der Waals surface area contributed by atoms with E-state index in [1.807, 2.05) is 18.0 Å². The van der Waals surface area contributed by atoms with Crippen molar-refractivity contribution in [1.29, 1.82) is 0 Å². The molecule has 2 amide bonds. The van der Waals surface area contributed by atoms with Crippen LogP contribution >= 0.6 is 0 Å². The van der Waals surface area contributed by atoms with Gasteiger partial charge in [0.1, 0.15) is 5.82 Å². The monoisotopic (exact) mass is 436 g/mol. The van der Waals surface area contributed by atoms with Gasteiger partial charge in [-0.1, -0.05) is 56.3 Å². The van der Waals surface area contributed by atoms with Gasteiger partial charge in [-0.2, -0.15) is 0 Å². The molecule has 1 heterocycles. The molecule has 1 aliphatic carbocycles. The zero-order valence-corrected chi connectivity index (χ0v) is 19.3. The molecule has 2 aromatic rings. The molecule has 0 bridgehead atoms. The zero-order chi connectivity index (χ0) is 23.0. The molecular formula is C27H33FN2O2. The largest absolute Gasteiger partial charge is 0.350 e. The van der Waals surface area contributed by atoms with Crippen molar-refractivity contribution >= 4 is 11.8 Å². The summed E-state index contributed by atoms with van der Waals surface area (Å²) in [6.07, 6.45) is 3.80. The lowest BCUT2D eigenvalue weighted by Crippen LogP contribution is -2.45. The Labute approximate surface area is 190 Å². The second-order valence-electron chi connectivity index (χ2n) is 10.4. The Kier molecular flexibility index (Phi) is 5.87. The van der Waals surface area contributed by atoms with Crippen LogP contribution in [0.5, 0.6) is 0 Å². The van der Waals surface area contributed by atoms with Crippen LogP contribution in [0, 0.1) is 11.2 Å². The van der Waals surface area contributed by atoms with Gasteiger partial charge >= 0.3 is 0 Å². The second-order valence-corrected chi connectivity index (χ2v) is 10.4. The van der Waals surface area contributed by atoms with E-state index in [1.54, 1.807) is 12.1 Å². The highest BCUT2D eigenvalue weighted by Crippen LogP contribution is 2.64. The van der Waals surface area contributed by atoms with Crippen molar-refractivity contribution in [3.63, 3.8) is 0 Å². The highest BCUT2D eigenvalue weighted by Gasteiger charge is 2.62. The normalized spacial score (nSPS) is 25.9. The third-order valence-electron chi connectivity index (χ3n) is 7.68. The molecule has 2 fully saturated rings. The minimum Gasteiger partial charge on any atom is -0.350 e. The van der Waals surface area contributed by atoms with Crippen LogP contribution in [0.1, 0.15) is 57.1 Å². The molecule has 0 spiro atoms. The zero-order valence-electron chi connectivity index (χ0n) is 19.3. The summed E-state index contributed by atoms with van der Waals surface area (Å²) in [5.41, 5.74) is 1.97. The maximum absolute atomic E-state index is 13.3. The molecule has 4 nitrogen and oxygen atoms in total. The Bertz CT molecular complexity index is 988. The van der Waals surface area contributed by atoms with Crippen molar-refractivity contribution < 1.29 is 14.0 Å². The lowest BCUT2D eigenvalue weighted by Gasteiger charge is -2.31. The van der Waals surface area contributed by atoms with E-state index in [2.05, 4.69) is 43.4 Å². The molecule has 1 saturated carbocycles. The van der Waals surface area contributed by atoms with Crippen LogP contribution < -0.4 is 5.32 Å². The first-order valence-electron chi connectivity index (χ1n) is 11.5. The summed E-state index contributed by atoms with van der Waals surface area (Å²) in [6.45, 7) is 5.23. The first kappa shape index (κ1) is 22.5. The summed E-state index contributed by atoms with van der Waals surface area (Å²) >= 11 is 0. The van der Waals surface area contributed by atoms with Crippen molar-refractivity contribution in [2.45, 2.75) is 63.3 Å². The Hall–Kier alpha value is -2.69. The molecule has 4 rings (SSSR count). The summed E-state index contributed by atoms with van der Waals surface area (Å²) in [5, 5.41) is 3.12. The van der Waals surface area contributed by atoms with Gasteiger partial charge in [0.25, 0.3) is 0 Å². The van der Waals surface area contributed by atoms with E-state index in [9.17, 15) is 14.0 Å². The van der Waals surface area contributed by atoms with Gasteiger partial charge < -0.3 is 10.2 Å². The van der Waals surface area contributed by atoms with Crippen LogP contribution in [0.15, 0.2) is 54.6 Å². The van der Waals surface area contributed by atoms with Crippen molar-refractivity contribution in [3.05, 3.63) is 71.5 Å². The number of halogens is 1. The van der Waals surface area contributed by atoms with Crippen LogP contribution in [-0.4, -0.2) is 35.8 Å². The molecule has 5 heteroatoms. The lowest BCUT2D eigenvalue weighted by molar-refractivity contribution is -0.131. The number of benzene rings is 2. The SMILES string of the molecule is CN(CC1(c2ccccc2)CC1(C)C)C(=O)CCC1(Cc2ccc(F)cc2)CCC(=O)N1. The molecule has 0 radical (unpaired) electrons. The molecule has 2 aromatic carbocycles. The molecule has 1 N–H and O–H groups in total. The van der Waals surface area contributed by atoms with E-state index in [0.29, 0.717) is 38.6 Å². The van der Waals surface area contributed by atoms with E-state index < -0.39 is 5.54 Å². The van der Waals surface area contributed by atoms with E-state index in [1.165, 1.54) is 17.7 Å². The molecule has 2 unspecified atom stereocenters. The fourth-order valence-electron chi connectivity index (χ4n) is 5.53. The predicted octanol–water partition coefficient (Wildman–Crippen LogP) is 4.62. The van der Waals surface area contributed by atoms with Crippen molar-refractivity contribution in [1.82, 2.24) is 10.2 Å². The van der Waals surface area contributed by atoms with Gasteiger partial charge in [-0.3, -0.25) is 9.59 Å². The number of likely N-dealkylation sites (N-methyl/N-ethyl adjacent to an activating group) is 1. The number of amides is 2. The molecular weight excluding hydrogens is 403 g/mol. The van der Waals surface area contributed by atoms with Crippen LogP contribution in [0.25, 0.3) is 0 Å². The summed E-state index contributed by atoms with van der Waals surface area (Å²) in [6, 6.07) is 16.9. The number of rotatable bonds is 8. The van der Waals surface area contributed by atoms with Crippen molar-refractivity contribution in [3.8, 4) is 0 Å². The van der Waals surface area contributed by atoms with Gasteiger partial charge in [0.05, 0.1) is 0 Å². The molecule has 2 aliphatic rings. The second kappa shape index (κ2) is 8.34. The van der Waals surface area contributed by atoms with Crippen molar-refractivity contribution in [2.75, 3.05) is 13.6 Å². The summed E-state index contributed by atoms with van der Waals surface area (Å²) < 4.78 is 13.3. The average Bonchev–Trinajstić information content (AvgIpc) is 3.13. The summed E-state index contributed by atoms with van der Waals surface area (Å²) in [4.78, 5) is 27.0. The third kappa shape index (κ3) is 4.43. The topological polar surface area (TPSA) is 49.4 Å². The van der Waals surface area contributed by atoms with Crippen LogP contribution in [-0.2, 0) is 21.4 Å². The van der Waals surface area contributed by atoms with Gasteiger partial charge in [-0.15, -0.1) is 0 Å². The number of carbonyl (C=O) groups is 2. The third-order valence-corrected chi connectivity index (χ3v) is 7.68. The Morgan fingerprint density at radius 3 is 2.31 bits per heavy atom. The lowest BCUT2D eigenvalue weighted by atomic mass is 9.84. The van der Waals surface area contributed by atoms with Gasteiger partial charge in [-0.05, 0) is 54.4 Å². The van der Waals surface area contributed by atoms with E-state index in [0.717, 1.165) is 12.0 Å². The predicted molar refractivity (Wildman–Crippen MR) is 124 cm³/mol. The maximum Gasteiger partial charge on any atom is 0.222 e.